The second kappa shape index (κ2) is 7.55. The zero-order chi connectivity index (χ0) is 16.9. The van der Waals surface area contributed by atoms with Gasteiger partial charge in [-0.2, -0.15) is 0 Å². The normalized spacial score (nSPS) is 16.8. The van der Waals surface area contributed by atoms with Crippen LogP contribution >= 0.6 is 0 Å². The molecule has 1 N–H and O–H groups in total. The number of hydrogen-bond acceptors (Lipinski definition) is 3. The maximum Gasteiger partial charge on any atom is 0.253 e. The third kappa shape index (κ3) is 3.99. The van der Waals surface area contributed by atoms with Crippen molar-refractivity contribution in [2.45, 2.75) is 6.10 Å². The lowest BCUT2D eigenvalue weighted by Gasteiger charge is -2.35. The van der Waals surface area contributed by atoms with Crippen molar-refractivity contribution in [1.82, 2.24) is 9.80 Å². The summed E-state index contributed by atoms with van der Waals surface area (Å²) >= 11 is 0. The molecule has 24 heavy (non-hydrogen) atoms. The van der Waals surface area contributed by atoms with Gasteiger partial charge in [0, 0.05) is 38.3 Å². The third-order valence-electron chi connectivity index (χ3n) is 4.37. The molecule has 0 aromatic heterocycles. The number of nitrogens with zero attached hydrogens (tertiary/aromatic N) is 2. The fourth-order valence-electron chi connectivity index (χ4n) is 2.93. The quantitative estimate of drug-likeness (QED) is 0.937. The van der Waals surface area contributed by atoms with Gasteiger partial charge in [-0.15, -0.1) is 0 Å². The van der Waals surface area contributed by atoms with Crippen LogP contribution in [0.4, 0.5) is 4.39 Å². The Kier molecular flexibility index (Phi) is 5.23. The number of rotatable bonds is 4. The van der Waals surface area contributed by atoms with Crippen LogP contribution in [0.5, 0.6) is 0 Å². The smallest absolute Gasteiger partial charge is 0.253 e. The first kappa shape index (κ1) is 16.6. The van der Waals surface area contributed by atoms with Gasteiger partial charge < -0.3 is 10.0 Å². The molecule has 0 aliphatic carbocycles. The molecule has 1 amide bonds. The van der Waals surface area contributed by atoms with Crippen molar-refractivity contribution in [2.75, 3.05) is 32.7 Å². The summed E-state index contributed by atoms with van der Waals surface area (Å²) in [5.74, 6) is -0.412. The van der Waals surface area contributed by atoms with Crippen molar-refractivity contribution in [1.29, 1.82) is 0 Å². The van der Waals surface area contributed by atoms with Gasteiger partial charge in [0.05, 0.1) is 6.10 Å². The van der Waals surface area contributed by atoms with E-state index in [-0.39, 0.29) is 11.7 Å². The first-order chi connectivity index (χ1) is 11.6. The predicted octanol–water partition coefficient (Wildman–Crippen LogP) is 2.32. The molecule has 3 rings (SSSR count). The number of carbonyl (C=O) groups is 1. The van der Waals surface area contributed by atoms with E-state index in [0.29, 0.717) is 25.2 Å². The van der Waals surface area contributed by atoms with Crippen LogP contribution in [0, 0.1) is 5.82 Å². The van der Waals surface area contributed by atoms with Gasteiger partial charge in [-0.05, 0) is 29.8 Å². The van der Waals surface area contributed by atoms with Gasteiger partial charge in [-0.3, -0.25) is 9.69 Å². The first-order valence-corrected chi connectivity index (χ1v) is 8.14. The van der Waals surface area contributed by atoms with Crippen LogP contribution < -0.4 is 0 Å². The van der Waals surface area contributed by atoms with E-state index in [4.69, 9.17) is 0 Å². The zero-order valence-electron chi connectivity index (χ0n) is 13.4. The maximum atomic E-state index is 12.9. The van der Waals surface area contributed by atoms with Gasteiger partial charge >= 0.3 is 0 Å². The van der Waals surface area contributed by atoms with Gasteiger partial charge in [-0.1, -0.05) is 30.3 Å². The Morgan fingerprint density at radius 3 is 2.25 bits per heavy atom. The lowest BCUT2D eigenvalue weighted by atomic mass is 10.1. The van der Waals surface area contributed by atoms with Gasteiger partial charge in [0.25, 0.3) is 5.91 Å². The summed E-state index contributed by atoms with van der Waals surface area (Å²) in [6.07, 6.45) is -0.523. The third-order valence-corrected chi connectivity index (χ3v) is 4.37. The van der Waals surface area contributed by atoms with Crippen LogP contribution in [-0.2, 0) is 0 Å². The summed E-state index contributed by atoms with van der Waals surface area (Å²) < 4.78 is 12.9. The highest BCUT2D eigenvalue weighted by Gasteiger charge is 2.23. The Morgan fingerprint density at radius 1 is 1.00 bits per heavy atom. The van der Waals surface area contributed by atoms with Crippen LogP contribution in [0.25, 0.3) is 0 Å². The molecule has 1 aliphatic rings. The number of amides is 1. The SMILES string of the molecule is O=C(c1ccc(F)cc1)N1CCN(CC(O)c2ccccc2)CC1. The van der Waals surface area contributed by atoms with Crippen molar-refractivity contribution in [2.24, 2.45) is 0 Å². The number of piperazine rings is 1. The molecular formula is C19H21FN2O2. The summed E-state index contributed by atoms with van der Waals surface area (Å²) in [5, 5.41) is 10.3. The molecule has 2 aromatic rings. The van der Waals surface area contributed by atoms with E-state index in [1.807, 2.05) is 30.3 Å². The fraction of sp³-hybridized carbons (Fsp3) is 0.316. The monoisotopic (exact) mass is 328 g/mol. The fourth-order valence-corrected chi connectivity index (χ4v) is 2.93. The standard InChI is InChI=1S/C19H21FN2O2/c20-17-8-6-16(7-9-17)19(24)22-12-10-21(11-13-22)14-18(23)15-4-2-1-3-5-15/h1-9,18,23H,10-14H2. The highest BCUT2D eigenvalue weighted by Crippen LogP contribution is 2.16. The number of aliphatic hydroxyl groups is 1. The first-order valence-electron chi connectivity index (χ1n) is 8.14. The average Bonchev–Trinajstić information content (AvgIpc) is 2.63. The molecule has 2 aromatic carbocycles. The molecule has 0 saturated carbocycles. The van der Waals surface area contributed by atoms with E-state index >= 15 is 0 Å². The van der Waals surface area contributed by atoms with Crippen molar-refractivity contribution in [3.8, 4) is 0 Å². The Balaban J connectivity index is 1.52. The Bertz CT molecular complexity index is 668. The predicted molar refractivity (Wildman–Crippen MR) is 90.1 cm³/mol. The molecule has 4 nitrogen and oxygen atoms in total. The molecule has 1 fully saturated rings. The molecule has 1 aliphatic heterocycles. The van der Waals surface area contributed by atoms with E-state index in [1.54, 1.807) is 4.90 Å². The largest absolute Gasteiger partial charge is 0.387 e. The van der Waals surface area contributed by atoms with Crippen LogP contribution in [0.1, 0.15) is 22.0 Å². The van der Waals surface area contributed by atoms with Crippen LogP contribution in [-0.4, -0.2) is 53.5 Å². The highest BCUT2D eigenvalue weighted by atomic mass is 19.1. The van der Waals surface area contributed by atoms with Crippen molar-refractivity contribution in [3.63, 3.8) is 0 Å². The number of carbonyl (C=O) groups excluding carboxylic acids is 1. The number of β-amino-alcohol motifs (C(OH)–C–C–N with tert-alkyl or cyclic N) is 1. The van der Waals surface area contributed by atoms with Gasteiger partial charge in [0.2, 0.25) is 0 Å². The molecule has 1 heterocycles. The lowest BCUT2D eigenvalue weighted by molar-refractivity contribution is 0.0527. The summed E-state index contributed by atoms with van der Waals surface area (Å²) in [6.45, 7) is 3.21. The second-order valence-electron chi connectivity index (χ2n) is 6.03. The number of hydrogen-bond donors (Lipinski definition) is 1. The topological polar surface area (TPSA) is 43.8 Å². The Morgan fingerprint density at radius 2 is 1.62 bits per heavy atom. The van der Waals surface area contributed by atoms with Gasteiger partial charge in [-0.25, -0.2) is 4.39 Å². The number of aliphatic hydroxyl groups excluding tert-OH is 1. The summed E-state index contributed by atoms with van der Waals surface area (Å²) in [5.41, 5.74) is 1.41. The van der Waals surface area contributed by atoms with E-state index in [0.717, 1.165) is 18.7 Å². The average molecular weight is 328 g/mol. The molecule has 1 saturated heterocycles. The molecule has 0 radical (unpaired) electrons. The van der Waals surface area contributed by atoms with Crippen LogP contribution in [0.15, 0.2) is 54.6 Å². The minimum Gasteiger partial charge on any atom is -0.387 e. The van der Waals surface area contributed by atoms with Gasteiger partial charge in [0.1, 0.15) is 5.82 Å². The Hall–Kier alpha value is -2.24. The molecule has 5 heteroatoms. The molecule has 0 bridgehead atoms. The van der Waals surface area contributed by atoms with E-state index in [2.05, 4.69) is 4.90 Å². The van der Waals surface area contributed by atoms with E-state index in [9.17, 15) is 14.3 Å². The summed E-state index contributed by atoms with van der Waals surface area (Å²) in [4.78, 5) is 16.3. The summed E-state index contributed by atoms with van der Waals surface area (Å²) in [6, 6.07) is 15.2. The van der Waals surface area contributed by atoms with Crippen molar-refractivity contribution < 1.29 is 14.3 Å². The highest BCUT2D eigenvalue weighted by molar-refractivity contribution is 5.94. The van der Waals surface area contributed by atoms with E-state index in [1.165, 1.54) is 24.3 Å². The van der Waals surface area contributed by atoms with Gasteiger partial charge in [0.15, 0.2) is 0 Å². The molecule has 1 atom stereocenters. The van der Waals surface area contributed by atoms with Crippen molar-refractivity contribution >= 4 is 5.91 Å². The molecule has 0 spiro atoms. The lowest BCUT2D eigenvalue weighted by Crippen LogP contribution is -2.49. The molecular weight excluding hydrogens is 307 g/mol. The maximum absolute atomic E-state index is 12.9. The minimum absolute atomic E-state index is 0.0711. The minimum atomic E-state index is -0.523. The zero-order valence-corrected chi connectivity index (χ0v) is 13.4. The number of halogens is 1. The second-order valence-corrected chi connectivity index (χ2v) is 6.03. The Labute approximate surface area is 141 Å². The van der Waals surface area contributed by atoms with Crippen LogP contribution in [0.3, 0.4) is 0 Å². The van der Waals surface area contributed by atoms with Crippen LogP contribution in [0.2, 0.25) is 0 Å². The van der Waals surface area contributed by atoms with Crippen molar-refractivity contribution in [3.05, 3.63) is 71.5 Å². The molecule has 1 unspecified atom stereocenters. The number of benzene rings is 2. The molecule has 126 valence electrons. The summed E-state index contributed by atoms with van der Waals surface area (Å²) in [7, 11) is 0. The van der Waals surface area contributed by atoms with E-state index < -0.39 is 6.10 Å².